The average Bonchev–Trinajstić information content (AvgIpc) is 2.67. The summed E-state index contributed by atoms with van der Waals surface area (Å²) in [7, 11) is 0. The number of pyridine rings is 2. The third-order valence-electron chi connectivity index (χ3n) is 4.59. The van der Waals surface area contributed by atoms with Gasteiger partial charge in [-0.3, -0.25) is 20.1 Å². The summed E-state index contributed by atoms with van der Waals surface area (Å²) in [6, 6.07) is 15.5. The molecule has 26 heavy (non-hydrogen) atoms. The number of amides is 1. The molecule has 1 amide bonds. The van der Waals surface area contributed by atoms with E-state index in [9.17, 15) is 4.79 Å². The SMILES string of the molecule is Cc1ccccc1C(Cc1ccncc1)(NCc1ccncc1)C(N)=O. The van der Waals surface area contributed by atoms with Crippen LogP contribution in [0.4, 0.5) is 0 Å². The number of hydrogen-bond acceptors (Lipinski definition) is 4. The predicted octanol–water partition coefficient (Wildman–Crippen LogP) is 2.50. The van der Waals surface area contributed by atoms with Crippen LogP contribution in [0, 0.1) is 6.92 Å². The number of primary amides is 1. The zero-order valence-electron chi connectivity index (χ0n) is 14.7. The highest BCUT2D eigenvalue weighted by Gasteiger charge is 2.39. The zero-order valence-corrected chi connectivity index (χ0v) is 14.7. The summed E-state index contributed by atoms with van der Waals surface area (Å²) < 4.78 is 0. The second-order valence-electron chi connectivity index (χ2n) is 6.33. The third-order valence-corrected chi connectivity index (χ3v) is 4.59. The molecule has 3 aromatic rings. The van der Waals surface area contributed by atoms with Crippen molar-refractivity contribution in [3.05, 3.63) is 95.6 Å². The third kappa shape index (κ3) is 3.78. The number of aryl methyl sites for hydroxylation is 1. The number of hydrogen-bond donors (Lipinski definition) is 2. The summed E-state index contributed by atoms with van der Waals surface area (Å²) in [5.41, 5.74) is 8.87. The highest BCUT2D eigenvalue weighted by molar-refractivity contribution is 5.87. The number of carbonyl (C=O) groups excluding carboxylic acids is 1. The first-order valence-electron chi connectivity index (χ1n) is 8.51. The Bertz CT molecular complexity index is 867. The van der Waals surface area contributed by atoms with Crippen LogP contribution in [-0.4, -0.2) is 15.9 Å². The lowest BCUT2D eigenvalue weighted by molar-refractivity contribution is -0.125. The molecule has 1 unspecified atom stereocenters. The molecule has 5 heteroatoms. The second-order valence-corrected chi connectivity index (χ2v) is 6.33. The smallest absolute Gasteiger partial charge is 0.242 e. The summed E-state index contributed by atoms with van der Waals surface area (Å²) >= 11 is 0. The van der Waals surface area contributed by atoms with Crippen molar-refractivity contribution in [2.75, 3.05) is 0 Å². The number of benzene rings is 1. The van der Waals surface area contributed by atoms with Crippen LogP contribution in [0.2, 0.25) is 0 Å². The second kappa shape index (κ2) is 7.89. The van der Waals surface area contributed by atoms with Crippen molar-refractivity contribution >= 4 is 5.91 Å². The summed E-state index contributed by atoms with van der Waals surface area (Å²) in [4.78, 5) is 20.8. The van der Waals surface area contributed by atoms with Crippen LogP contribution >= 0.6 is 0 Å². The highest BCUT2D eigenvalue weighted by Crippen LogP contribution is 2.29. The minimum atomic E-state index is -1.02. The molecule has 0 aliphatic rings. The lowest BCUT2D eigenvalue weighted by Gasteiger charge is -2.34. The fraction of sp³-hybridized carbons (Fsp3) is 0.190. The zero-order chi connectivity index (χ0) is 18.4. The largest absolute Gasteiger partial charge is 0.368 e. The Morgan fingerprint density at radius 2 is 1.54 bits per heavy atom. The quantitative estimate of drug-likeness (QED) is 0.689. The van der Waals surface area contributed by atoms with E-state index in [1.165, 1.54) is 0 Å². The van der Waals surface area contributed by atoms with E-state index in [1.54, 1.807) is 24.8 Å². The Morgan fingerprint density at radius 1 is 0.962 bits per heavy atom. The molecule has 0 spiro atoms. The van der Waals surface area contributed by atoms with Crippen LogP contribution in [0.1, 0.15) is 22.3 Å². The molecule has 1 aromatic carbocycles. The summed E-state index contributed by atoms with van der Waals surface area (Å²) in [5, 5.41) is 3.43. The van der Waals surface area contributed by atoms with E-state index in [-0.39, 0.29) is 0 Å². The van der Waals surface area contributed by atoms with Crippen molar-refractivity contribution in [2.24, 2.45) is 5.73 Å². The molecule has 0 bridgehead atoms. The molecule has 0 saturated carbocycles. The lowest BCUT2D eigenvalue weighted by atomic mass is 9.80. The van der Waals surface area contributed by atoms with Crippen molar-refractivity contribution in [2.45, 2.75) is 25.4 Å². The maximum absolute atomic E-state index is 12.7. The molecule has 2 aromatic heterocycles. The summed E-state index contributed by atoms with van der Waals surface area (Å²) in [6.45, 7) is 2.50. The topological polar surface area (TPSA) is 80.9 Å². The van der Waals surface area contributed by atoms with E-state index in [0.717, 1.165) is 22.3 Å². The molecule has 0 aliphatic heterocycles. The molecule has 132 valence electrons. The van der Waals surface area contributed by atoms with E-state index >= 15 is 0 Å². The van der Waals surface area contributed by atoms with Crippen LogP contribution in [0.3, 0.4) is 0 Å². The van der Waals surface area contributed by atoms with Gasteiger partial charge in [0.1, 0.15) is 5.54 Å². The molecule has 5 nitrogen and oxygen atoms in total. The predicted molar refractivity (Wildman–Crippen MR) is 101 cm³/mol. The summed E-state index contributed by atoms with van der Waals surface area (Å²) in [6.07, 6.45) is 7.36. The number of rotatable bonds is 7. The van der Waals surface area contributed by atoms with Crippen molar-refractivity contribution < 1.29 is 4.79 Å². The Kier molecular flexibility index (Phi) is 5.39. The van der Waals surface area contributed by atoms with Crippen LogP contribution in [0.25, 0.3) is 0 Å². The van der Waals surface area contributed by atoms with Gasteiger partial charge in [0.05, 0.1) is 0 Å². The van der Waals surface area contributed by atoms with Crippen molar-refractivity contribution in [1.29, 1.82) is 0 Å². The van der Waals surface area contributed by atoms with Crippen molar-refractivity contribution in [3.63, 3.8) is 0 Å². The maximum Gasteiger partial charge on any atom is 0.242 e. The Morgan fingerprint density at radius 3 is 2.12 bits per heavy atom. The van der Waals surface area contributed by atoms with E-state index in [4.69, 9.17) is 5.73 Å². The molecule has 1 atom stereocenters. The standard InChI is InChI=1S/C21H22N4O/c1-16-4-2-3-5-19(16)21(20(22)26,14-17-6-10-23-11-7-17)25-15-18-8-12-24-13-9-18/h2-13,25H,14-15H2,1H3,(H2,22,26). The number of nitrogens with two attached hydrogens (primary N) is 1. The Balaban J connectivity index is 2.03. The van der Waals surface area contributed by atoms with Gasteiger partial charge in [0, 0.05) is 37.8 Å². The minimum absolute atomic E-state index is 0.405. The van der Waals surface area contributed by atoms with E-state index in [0.29, 0.717) is 13.0 Å². The van der Waals surface area contributed by atoms with Gasteiger partial charge in [0.15, 0.2) is 0 Å². The molecule has 0 radical (unpaired) electrons. The van der Waals surface area contributed by atoms with Gasteiger partial charge >= 0.3 is 0 Å². The molecule has 0 fully saturated rings. The molecule has 2 heterocycles. The lowest BCUT2D eigenvalue weighted by Crippen LogP contribution is -2.54. The van der Waals surface area contributed by atoms with Gasteiger partial charge in [-0.05, 0) is 53.4 Å². The summed E-state index contributed by atoms with van der Waals surface area (Å²) in [5.74, 6) is -0.405. The van der Waals surface area contributed by atoms with Gasteiger partial charge < -0.3 is 5.73 Å². The molecular formula is C21H22N4O. The number of nitrogens with zero attached hydrogens (tertiary/aromatic N) is 2. The molecule has 0 saturated heterocycles. The maximum atomic E-state index is 12.7. The van der Waals surface area contributed by atoms with Gasteiger partial charge in [-0.1, -0.05) is 24.3 Å². The van der Waals surface area contributed by atoms with Gasteiger partial charge in [-0.2, -0.15) is 0 Å². The monoisotopic (exact) mass is 346 g/mol. The first kappa shape index (κ1) is 17.8. The van der Waals surface area contributed by atoms with E-state index < -0.39 is 11.4 Å². The Labute approximate surface area is 153 Å². The number of nitrogens with one attached hydrogen (secondary N) is 1. The Hall–Kier alpha value is -3.05. The molecule has 3 N–H and O–H groups in total. The molecular weight excluding hydrogens is 324 g/mol. The van der Waals surface area contributed by atoms with Crippen molar-refractivity contribution in [3.8, 4) is 0 Å². The fourth-order valence-corrected chi connectivity index (χ4v) is 3.17. The van der Waals surface area contributed by atoms with E-state index in [1.807, 2.05) is 55.5 Å². The van der Waals surface area contributed by atoms with Gasteiger partial charge in [0.2, 0.25) is 5.91 Å². The average molecular weight is 346 g/mol. The van der Waals surface area contributed by atoms with Gasteiger partial charge in [-0.25, -0.2) is 0 Å². The van der Waals surface area contributed by atoms with E-state index in [2.05, 4.69) is 15.3 Å². The van der Waals surface area contributed by atoms with Gasteiger partial charge in [-0.15, -0.1) is 0 Å². The van der Waals surface area contributed by atoms with Crippen molar-refractivity contribution in [1.82, 2.24) is 15.3 Å². The number of carbonyl (C=O) groups is 1. The first-order valence-corrected chi connectivity index (χ1v) is 8.51. The number of aromatic nitrogens is 2. The molecule has 3 rings (SSSR count). The minimum Gasteiger partial charge on any atom is -0.368 e. The first-order chi connectivity index (χ1) is 12.6. The van der Waals surface area contributed by atoms with Crippen LogP contribution in [0.5, 0.6) is 0 Å². The van der Waals surface area contributed by atoms with Crippen LogP contribution in [-0.2, 0) is 23.3 Å². The van der Waals surface area contributed by atoms with Crippen LogP contribution < -0.4 is 11.1 Å². The normalized spacial score (nSPS) is 13.1. The van der Waals surface area contributed by atoms with Crippen LogP contribution in [0.15, 0.2) is 73.3 Å². The fourth-order valence-electron chi connectivity index (χ4n) is 3.17. The molecule has 0 aliphatic carbocycles. The highest BCUT2D eigenvalue weighted by atomic mass is 16.1. The van der Waals surface area contributed by atoms with Gasteiger partial charge in [0.25, 0.3) is 0 Å².